The van der Waals surface area contributed by atoms with Crippen LogP contribution in [0, 0.1) is 0 Å². The van der Waals surface area contributed by atoms with E-state index in [4.69, 9.17) is 24.1 Å². The Morgan fingerprint density at radius 1 is 0.939 bits per heavy atom. The molecule has 9 heteroatoms. The molecule has 0 radical (unpaired) electrons. The summed E-state index contributed by atoms with van der Waals surface area (Å²) in [5, 5.41) is 15.0. The van der Waals surface area contributed by atoms with Crippen LogP contribution in [-0.2, 0) is 9.59 Å². The molecule has 1 aliphatic heterocycles. The third kappa shape index (κ3) is 5.54. The minimum Gasteiger partial charge on any atom is -0.497 e. The minimum atomic E-state index is -0.937. The first-order valence-electron chi connectivity index (χ1n) is 10.5. The van der Waals surface area contributed by atoms with Crippen molar-refractivity contribution in [1.29, 1.82) is 0 Å². The van der Waals surface area contributed by atoms with E-state index in [9.17, 15) is 9.59 Å². The number of amides is 1. The summed E-state index contributed by atoms with van der Waals surface area (Å²) >= 11 is 0. The van der Waals surface area contributed by atoms with Gasteiger partial charge in [0, 0.05) is 30.9 Å². The molecule has 3 rings (SSSR count). The lowest BCUT2D eigenvalue weighted by Crippen LogP contribution is -2.27. The second kappa shape index (κ2) is 10.7. The van der Waals surface area contributed by atoms with Gasteiger partial charge in [-0.25, -0.2) is 5.01 Å². The van der Waals surface area contributed by atoms with Crippen LogP contribution in [0.15, 0.2) is 41.5 Å². The Labute approximate surface area is 192 Å². The molecule has 176 valence electrons. The highest BCUT2D eigenvalue weighted by molar-refractivity contribution is 6.03. The van der Waals surface area contributed by atoms with Gasteiger partial charge in [0.1, 0.15) is 11.5 Å². The number of benzene rings is 2. The van der Waals surface area contributed by atoms with Crippen molar-refractivity contribution in [3.63, 3.8) is 0 Å². The fourth-order valence-electron chi connectivity index (χ4n) is 3.72. The van der Waals surface area contributed by atoms with Crippen LogP contribution < -0.4 is 18.9 Å². The standard InChI is InChI=1S/C24H28N2O7/c1-30-17-10-16(11-18(13-17)31-2)20-14-19(15-8-9-21(32-3)22(12-15)33-4)25-26(20)23(27)6-5-7-24(28)29/h8-13,20H,5-7,14H2,1-4H3,(H,28,29)/t20-/m1/s1. The van der Waals surface area contributed by atoms with Gasteiger partial charge in [-0.1, -0.05) is 0 Å². The molecule has 2 aromatic carbocycles. The van der Waals surface area contributed by atoms with Crippen LogP contribution in [0.5, 0.6) is 23.0 Å². The van der Waals surface area contributed by atoms with E-state index >= 15 is 0 Å². The Balaban J connectivity index is 1.97. The van der Waals surface area contributed by atoms with Crippen molar-refractivity contribution >= 4 is 17.6 Å². The van der Waals surface area contributed by atoms with Crippen LogP contribution in [0.2, 0.25) is 0 Å². The lowest BCUT2D eigenvalue weighted by Gasteiger charge is -2.23. The summed E-state index contributed by atoms with van der Waals surface area (Å²) in [5.74, 6) is 1.16. The lowest BCUT2D eigenvalue weighted by atomic mass is 9.97. The Kier molecular flexibility index (Phi) is 7.76. The maximum Gasteiger partial charge on any atom is 0.303 e. The van der Waals surface area contributed by atoms with E-state index in [1.165, 1.54) is 5.01 Å². The van der Waals surface area contributed by atoms with Crippen molar-refractivity contribution < 1.29 is 33.6 Å². The Hall–Kier alpha value is -3.75. The molecule has 0 saturated heterocycles. The molecule has 1 heterocycles. The van der Waals surface area contributed by atoms with Crippen LogP contribution >= 0.6 is 0 Å². The van der Waals surface area contributed by atoms with Crippen LogP contribution in [0.3, 0.4) is 0 Å². The zero-order valence-corrected chi connectivity index (χ0v) is 19.2. The van der Waals surface area contributed by atoms with Gasteiger partial charge in [-0.15, -0.1) is 0 Å². The first-order chi connectivity index (χ1) is 15.9. The number of ether oxygens (including phenoxy) is 4. The number of aliphatic carboxylic acids is 1. The number of carbonyl (C=O) groups excluding carboxylic acids is 1. The Morgan fingerprint density at radius 3 is 2.18 bits per heavy atom. The van der Waals surface area contributed by atoms with Crippen molar-refractivity contribution in [2.24, 2.45) is 5.10 Å². The van der Waals surface area contributed by atoms with E-state index in [0.717, 1.165) is 11.1 Å². The minimum absolute atomic E-state index is 0.0760. The molecule has 0 bridgehead atoms. The number of hydrogen-bond donors (Lipinski definition) is 1. The van der Waals surface area contributed by atoms with E-state index in [1.807, 2.05) is 24.3 Å². The molecule has 0 fully saturated rings. The molecule has 2 aromatic rings. The van der Waals surface area contributed by atoms with E-state index in [2.05, 4.69) is 5.10 Å². The maximum atomic E-state index is 13.0. The summed E-state index contributed by atoms with van der Waals surface area (Å²) in [6, 6.07) is 10.5. The number of carbonyl (C=O) groups is 2. The van der Waals surface area contributed by atoms with Gasteiger partial charge in [-0.3, -0.25) is 9.59 Å². The van der Waals surface area contributed by atoms with E-state index < -0.39 is 12.0 Å². The summed E-state index contributed by atoms with van der Waals surface area (Å²) in [4.78, 5) is 23.9. The molecule has 1 amide bonds. The molecule has 1 N–H and O–H groups in total. The molecule has 1 atom stereocenters. The molecule has 9 nitrogen and oxygen atoms in total. The third-order valence-electron chi connectivity index (χ3n) is 5.42. The van der Waals surface area contributed by atoms with Gasteiger partial charge in [0.2, 0.25) is 5.91 Å². The van der Waals surface area contributed by atoms with Crippen molar-refractivity contribution in [2.45, 2.75) is 31.7 Å². The van der Waals surface area contributed by atoms with Gasteiger partial charge in [0.05, 0.1) is 40.2 Å². The summed E-state index contributed by atoms with van der Waals surface area (Å²) in [6.45, 7) is 0. The number of carboxylic acid groups (broad SMARTS) is 1. The Morgan fingerprint density at radius 2 is 1.61 bits per heavy atom. The average molecular weight is 456 g/mol. The highest BCUT2D eigenvalue weighted by atomic mass is 16.5. The van der Waals surface area contributed by atoms with Crippen LogP contribution in [0.1, 0.15) is 42.9 Å². The second-order valence-corrected chi connectivity index (χ2v) is 7.47. The van der Waals surface area contributed by atoms with Gasteiger partial charge in [0.15, 0.2) is 11.5 Å². The van der Waals surface area contributed by atoms with Crippen molar-refractivity contribution in [3.8, 4) is 23.0 Å². The first kappa shape index (κ1) is 23.9. The third-order valence-corrected chi connectivity index (χ3v) is 5.42. The smallest absolute Gasteiger partial charge is 0.303 e. The van der Waals surface area contributed by atoms with Gasteiger partial charge in [-0.05, 0) is 42.3 Å². The molecule has 0 aromatic heterocycles. The van der Waals surface area contributed by atoms with E-state index in [0.29, 0.717) is 35.1 Å². The Bertz CT molecular complexity index is 1030. The molecule has 0 aliphatic carbocycles. The number of nitrogens with zero attached hydrogens (tertiary/aromatic N) is 2. The van der Waals surface area contributed by atoms with E-state index in [1.54, 1.807) is 40.6 Å². The summed E-state index contributed by atoms with van der Waals surface area (Å²) in [6.07, 6.45) is 0.687. The van der Waals surface area contributed by atoms with Crippen molar-refractivity contribution in [1.82, 2.24) is 5.01 Å². The van der Waals surface area contributed by atoms with Crippen LogP contribution in [0.25, 0.3) is 0 Å². The largest absolute Gasteiger partial charge is 0.497 e. The molecule has 0 spiro atoms. The van der Waals surface area contributed by atoms with Crippen molar-refractivity contribution in [2.75, 3.05) is 28.4 Å². The van der Waals surface area contributed by atoms with Crippen molar-refractivity contribution in [3.05, 3.63) is 47.5 Å². The quantitative estimate of drug-likeness (QED) is 0.581. The molecular weight excluding hydrogens is 428 g/mol. The zero-order chi connectivity index (χ0) is 24.0. The number of rotatable bonds is 10. The predicted octanol–water partition coefficient (Wildman–Crippen LogP) is 3.65. The molecule has 0 unspecified atom stereocenters. The predicted molar refractivity (Wildman–Crippen MR) is 121 cm³/mol. The molecule has 0 saturated carbocycles. The summed E-state index contributed by atoms with van der Waals surface area (Å²) < 4.78 is 21.5. The maximum absolute atomic E-state index is 13.0. The highest BCUT2D eigenvalue weighted by Gasteiger charge is 2.33. The van der Waals surface area contributed by atoms with Gasteiger partial charge in [0.25, 0.3) is 0 Å². The van der Waals surface area contributed by atoms with Gasteiger partial charge < -0.3 is 24.1 Å². The highest BCUT2D eigenvalue weighted by Crippen LogP contribution is 2.38. The van der Waals surface area contributed by atoms with Crippen LogP contribution in [0.4, 0.5) is 0 Å². The number of methoxy groups -OCH3 is 4. The SMILES string of the molecule is COc1cc(OC)cc([C@H]2CC(c3ccc(OC)c(OC)c3)=NN2C(=O)CCCC(=O)O)c1. The number of hydrazone groups is 1. The molecule has 1 aliphatic rings. The van der Waals surface area contributed by atoms with Crippen LogP contribution in [-0.4, -0.2) is 56.1 Å². The zero-order valence-electron chi connectivity index (χ0n) is 19.2. The average Bonchev–Trinajstić information content (AvgIpc) is 3.28. The fourth-order valence-corrected chi connectivity index (χ4v) is 3.72. The molecule has 33 heavy (non-hydrogen) atoms. The normalized spacial score (nSPS) is 15.1. The molecular formula is C24H28N2O7. The lowest BCUT2D eigenvalue weighted by molar-refractivity contribution is -0.137. The van der Waals surface area contributed by atoms with Gasteiger partial charge >= 0.3 is 5.97 Å². The summed E-state index contributed by atoms with van der Waals surface area (Å²) in [7, 11) is 6.25. The number of carboxylic acids is 1. The van der Waals surface area contributed by atoms with E-state index in [-0.39, 0.29) is 25.2 Å². The fraction of sp³-hybridized carbons (Fsp3) is 0.375. The topological polar surface area (TPSA) is 107 Å². The van der Waals surface area contributed by atoms with Gasteiger partial charge in [-0.2, -0.15) is 5.10 Å². The summed E-state index contributed by atoms with van der Waals surface area (Å²) in [5.41, 5.74) is 2.31. The second-order valence-electron chi connectivity index (χ2n) is 7.47. The first-order valence-corrected chi connectivity index (χ1v) is 10.5. The monoisotopic (exact) mass is 456 g/mol. The number of hydrogen-bond acceptors (Lipinski definition) is 7.